The number of rotatable bonds is 5. The largest absolute Gasteiger partial charge is 0.406 e. The number of ether oxygens (including phenoxy) is 1. The van der Waals surface area contributed by atoms with Gasteiger partial charge in [0.25, 0.3) is 6.02 Å². The summed E-state index contributed by atoms with van der Waals surface area (Å²) >= 11 is 5.55. The number of halogens is 1. The van der Waals surface area contributed by atoms with Gasteiger partial charge in [0.2, 0.25) is 5.90 Å². The van der Waals surface area contributed by atoms with E-state index in [1.807, 2.05) is 6.92 Å². The van der Waals surface area contributed by atoms with E-state index in [9.17, 15) is 4.79 Å². The number of hydrogen-bond acceptors (Lipinski definition) is 9. The van der Waals surface area contributed by atoms with Crippen LogP contribution < -0.4 is 10.6 Å². The predicted octanol–water partition coefficient (Wildman–Crippen LogP) is 3.56. The zero-order valence-corrected chi connectivity index (χ0v) is 23.4. The van der Waals surface area contributed by atoms with E-state index in [1.165, 1.54) is 32.1 Å². The lowest BCUT2D eigenvalue weighted by atomic mass is 9.96. The van der Waals surface area contributed by atoms with Crippen LogP contribution in [0.1, 0.15) is 54.9 Å². The van der Waals surface area contributed by atoms with Gasteiger partial charge < -0.3 is 20.3 Å². The topological polar surface area (TPSA) is 136 Å². The van der Waals surface area contributed by atoms with Gasteiger partial charge in [-0.15, -0.1) is 0 Å². The summed E-state index contributed by atoms with van der Waals surface area (Å²) in [6.45, 7) is 10.7. The van der Waals surface area contributed by atoms with Crippen LogP contribution in [0.15, 0.2) is 30.5 Å². The van der Waals surface area contributed by atoms with Crippen LogP contribution in [0.5, 0.6) is 0 Å². The number of aryl methyl sites for hydroxylation is 1. The minimum absolute atomic E-state index is 0.258. The summed E-state index contributed by atoms with van der Waals surface area (Å²) in [5.74, 6) is 0.601. The number of aldehydes is 1. The van der Waals surface area contributed by atoms with Gasteiger partial charge in [-0.3, -0.25) is 20.5 Å². The third-order valence-electron chi connectivity index (χ3n) is 7.16. The lowest BCUT2D eigenvalue weighted by Gasteiger charge is -2.50. The SMILES string of the molecule is CCC1CN(c2ncc(C(=N)OC(=N)N)nc2C)[C@H](C)CN1C1CCN(C)CC1.O=Cc1ccc(Cl)cc1. The Balaban J connectivity index is 0.000000375. The molecule has 0 bridgehead atoms. The van der Waals surface area contributed by atoms with Crippen molar-refractivity contribution in [2.24, 2.45) is 5.73 Å². The van der Waals surface area contributed by atoms with Crippen molar-refractivity contribution in [3.8, 4) is 0 Å². The molecule has 206 valence electrons. The van der Waals surface area contributed by atoms with Crippen LogP contribution in [-0.4, -0.2) is 89.3 Å². The van der Waals surface area contributed by atoms with Gasteiger partial charge in [0.1, 0.15) is 17.8 Å². The summed E-state index contributed by atoms with van der Waals surface area (Å²) in [5.41, 5.74) is 6.90. The van der Waals surface area contributed by atoms with Crippen LogP contribution in [-0.2, 0) is 4.74 Å². The van der Waals surface area contributed by atoms with Gasteiger partial charge >= 0.3 is 0 Å². The fraction of sp³-hybridized carbons (Fsp3) is 0.519. The van der Waals surface area contributed by atoms with Crippen LogP contribution in [0.4, 0.5) is 5.82 Å². The average molecular weight is 543 g/mol. The third kappa shape index (κ3) is 7.72. The quantitative estimate of drug-likeness (QED) is 0.296. The lowest BCUT2D eigenvalue weighted by molar-refractivity contribution is 0.0583. The minimum atomic E-state index is -0.525. The van der Waals surface area contributed by atoms with Crippen molar-refractivity contribution >= 4 is 35.6 Å². The van der Waals surface area contributed by atoms with Crippen molar-refractivity contribution in [3.05, 3.63) is 52.4 Å². The molecular weight excluding hydrogens is 504 g/mol. The Morgan fingerprint density at radius 1 is 1.21 bits per heavy atom. The molecule has 2 saturated heterocycles. The van der Waals surface area contributed by atoms with E-state index in [1.54, 1.807) is 24.3 Å². The number of aromatic nitrogens is 2. The van der Waals surface area contributed by atoms with Gasteiger partial charge in [0.05, 0.1) is 11.9 Å². The van der Waals surface area contributed by atoms with Gasteiger partial charge in [-0.25, -0.2) is 9.97 Å². The van der Waals surface area contributed by atoms with Crippen LogP contribution in [0, 0.1) is 17.7 Å². The Hall–Kier alpha value is -3.08. The van der Waals surface area contributed by atoms with Gasteiger partial charge in [0.15, 0.2) is 0 Å². The first-order valence-corrected chi connectivity index (χ1v) is 13.4. The second-order valence-electron chi connectivity index (χ2n) is 9.92. The summed E-state index contributed by atoms with van der Waals surface area (Å²) in [6, 6.07) is 7.70. The molecule has 2 aliphatic rings. The Kier molecular flexibility index (Phi) is 10.6. The van der Waals surface area contributed by atoms with E-state index < -0.39 is 6.02 Å². The third-order valence-corrected chi connectivity index (χ3v) is 7.41. The molecule has 3 heterocycles. The molecule has 0 radical (unpaired) electrons. The van der Waals surface area contributed by atoms with Gasteiger partial charge in [0, 0.05) is 41.8 Å². The van der Waals surface area contributed by atoms with E-state index in [0.717, 1.165) is 37.3 Å². The Labute approximate surface area is 230 Å². The zero-order valence-electron chi connectivity index (χ0n) is 22.7. The number of piperazine rings is 1. The molecule has 0 aliphatic carbocycles. The Bertz CT molecular complexity index is 1100. The number of anilines is 1. The van der Waals surface area contributed by atoms with E-state index in [0.29, 0.717) is 28.7 Å². The second-order valence-corrected chi connectivity index (χ2v) is 10.4. The van der Waals surface area contributed by atoms with Crippen LogP contribution >= 0.6 is 11.6 Å². The molecule has 2 aliphatic heterocycles. The summed E-state index contributed by atoms with van der Waals surface area (Å²) in [4.78, 5) is 26.7. The lowest BCUT2D eigenvalue weighted by Crippen LogP contribution is -2.61. The van der Waals surface area contributed by atoms with Crippen LogP contribution in [0.2, 0.25) is 5.02 Å². The number of nitrogens with zero attached hydrogens (tertiary/aromatic N) is 5. The van der Waals surface area contributed by atoms with Gasteiger partial charge in [-0.1, -0.05) is 30.7 Å². The smallest absolute Gasteiger partial charge is 0.286 e. The van der Waals surface area contributed by atoms with Crippen molar-refractivity contribution in [2.75, 3.05) is 38.1 Å². The molecule has 0 saturated carbocycles. The number of nitrogens with two attached hydrogens (primary N) is 1. The summed E-state index contributed by atoms with van der Waals surface area (Å²) in [7, 11) is 2.21. The van der Waals surface area contributed by atoms with Crippen molar-refractivity contribution in [3.63, 3.8) is 0 Å². The molecule has 1 aromatic heterocycles. The number of likely N-dealkylation sites (tertiary alicyclic amines) is 1. The predicted molar refractivity (Wildman–Crippen MR) is 152 cm³/mol. The molecule has 2 fully saturated rings. The number of carbonyl (C=O) groups is 1. The standard InChI is InChI=1S/C20H34N8O.C7H5ClO/c1-5-15-12-27(13(2)11-28(15)16-6-8-26(4)9-7-16)19-14(3)25-17(10-24-19)18(21)29-20(22)23;8-7-3-1-6(5-9)2-4-7/h10,13,15-16,21H,5-9,11-12H2,1-4H3,(H3,22,23);1-5H/t13-,15?;/m1./s1. The molecule has 4 N–H and O–H groups in total. The highest BCUT2D eigenvalue weighted by Crippen LogP contribution is 2.29. The Morgan fingerprint density at radius 3 is 2.42 bits per heavy atom. The first-order chi connectivity index (χ1) is 18.1. The molecule has 0 spiro atoms. The first kappa shape index (κ1) is 29.5. The molecule has 11 heteroatoms. The monoisotopic (exact) mass is 542 g/mol. The summed E-state index contributed by atoms with van der Waals surface area (Å²) < 4.78 is 4.84. The number of carbonyl (C=O) groups excluding carboxylic acids is 1. The molecule has 1 unspecified atom stereocenters. The first-order valence-electron chi connectivity index (χ1n) is 13.0. The molecule has 0 amide bonds. The highest BCUT2D eigenvalue weighted by Gasteiger charge is 2.36. The highest BCUT2D eigenvalue weighted by molar-refractivity contribution is 6.30. The van der Waals surface area contributed by atoms with E-state index >= 15 is 0 Å². The summed E-state index contributed by atoms with van der Waals surface area (Å²) in [5, 5.41) is 15.7. The number of piperidine rings is 1. The minimum Gasteiger partial charge on any atom is -0.406 e. The van der Waals surface area contributed by atoms with E-state index in [4.69, 9.17) is 32.9 Å². The molecule has 2 atom stereocenters. The average Bonchev–Trinajstić information content (AvgIpc) is 2.89. The Morgan fingerprint density at radius 2 is 1.87 bits per heavy atom. The molecule has 38 heavy (non-hydrogen) atoms. The maximum absolute atomic E-state index is 10.1. The number of nitrogens with one attached hydrogen (secondary N) is 2. The number of amidine groups is 1. The maximum atomic E-state index is 10.1. The van der Waals surface area contributed by atoms with E-state index in [2.05, 4.69) is 45.6 Å². The van der Waals surface area contributed by atoms with Crippen molar-refractivity contribution in [1.29, 1.82) is 10.8 Å². The zero-order chi connectivity index (χ0) is 27.8. The fourth-order valence-corrected chi connectivity index (χ4v) is 5.19. The molecule has 2 aromatic rings. The van der Waals surface area contributed by atoms with Crippen molar-refractivity contribution in [1.82, 2.24) is 19.8 Å². The summed E-state index contributed by atoms with van der Waals surface area (Å²) in [6.07, 6.45) is 5.91. The normalized spacial score (nSPS) is 20.8. The maximum Gasteiger partial charge on any atom is 0.286 e. The van der Waals surface area contributed by atoms with Gasteiger partial charge in [-0.2, -0.15) is 0 Å². The van der Waals surface area contributed by atoms with E-state index in [-0.39, 0.29) is 11.6 Å². The number of benzene rings is 1. The fourth-order valence-electron chi connectivity index (χ4n) is 5.07. The van der Waals surface area contributed by atoms with Crippen molar-refractivity contribution < 1.29 is 9.53 Å². The highest BCUT2D eigenvalue weighted by atomic mass is 35.5. The number of hydrogen-bond donors (Lipinski definition) is 3. The molecule has 4 rings (SSSR count). The molecule has 1 aromatic carbocycles. The molecular formula is C27H39ClN8O2. The van der Waals surface area contributed by atoms with Crippen LogP contribution in [0.3, 0.4) is 0 Å². The van der Waals surface area contributed by atoms with Crippen LogP contribution in [0.25, 0.3) is 0 Å². The second kappa shape index (κ2) is 13.6. The molecule has 10 nitrogen and oxygen atoms in total. The van der Waals surface area contributed by atoms with Crippen molar-refractivity contribution in [2.45, 2.75) is 58.2 Å². The van der Waals surface area contributed by atoms with Gasteiger partial charge in [-0.05, 0) is 65.4 Å².